The Kier molecular flexibility index (Phi) is 5.67. The number of carbonyl (C=O) groups excluding carboxylic acids is 1. The van der Waals surface area contributed by atoms with Crippen molar-refractivity contribution in [1.29, 1.82) is 0 Å². The third kappa shape index (κ3) is 3.87. The van der Waals surface area contributed by atoms with E-state index in [0.717, 1.165) is 28.5 Å². The van der Waals surface area contributed by atoms with Gasteiger partial charge in [0.2, 0.25) is 5.91 Å². The van der Waals surface area contributed by atoms with E-state index in [1.54, 1.807) is 6.07 Å². The second-order valence-electron chi connectivity index (χ2n) is 6.57. The minimum atomic E-state index is -0.473. The maximum atomic E-state index is 13.9. The van der Waals surface area contributed by atoms with Crippen molar-refractivity contribution >= 4 is 39.2 Å². The predicted molar refractivity (Wildman–Crippen MR) is 118 cm³/mol. The number of fused-ring (bicyclic) bond motifs is 1. The second-order valence-corrected chi connectivity index (χ2v) is 8.37. The highest BCUT2D eigenvalue weighted by molar-refractivity contribution is 7.99. The molecule has 9 heteroatoms. The lowest BCUT2D eigenvalue weighted by atomic mass is 10.0. The summed E-state index contributed by atoms with van der Waals surface area (Å²) in [5.74, 6) is 4.25. The van der Waals surface area contributed by atoms with E-state index in [1.165, 1.54) is 34.1 Å². The first-order valence-corrected chi connectivity index (χ1v) is 10.8. The Labute approximate surface area is 179 Å². The summed E-state index contributed by atoms with van der Waals surface area (Å²) in [6.45, 7) is 1.98. The number of carbonyl (C=O) groups is 1. The first-order valence-electron chi connectivity index (χ1n) is 8.97. The zero-order valence-electron chi connectivity index (χ0n) is 15.9. The van der Waals surface area contributed by atoms with Gasteiger partial charge in [-0.1, -0.05) is 47.7 Å². The average molecular weight is 441 g/mol. The number of benzene rings is 2. The van der Waals surface area contributed by atoms with E-state index >= 15 is 0 Å². The number of thioether (sulfide) groups is 1. The standard InChI is InChI=1S/C21H17FN4O2S2/c1-12-4-2-5-13(8-12)16-10-29-19-18(16)20(28)26(15-7-3-6-14(22)9-15)21(24-19)30-11-17(27)25-23/h2-10H,11,23H2,1H3,(H,25,27). The van der Waals surface area contributed by atoms with Crippen LogP contribution in [0, 0.1) is 12.7 Å². The molecule has 2 heterocycles. The lowest BCUT2D eigenvalue weighted by Crippen LogP contribution is -2.32. The van der Waals surface area contributed by atoms with E-state index in [0.29, 0.717) is 21.1 Å². The summed E-state index contributed by atoms with van der Waals surface area (Å²) in [4.78, 5) is 30.4. The number of rotatable bonds is 5. The summed E-state index contributed by atoms with van der Waals surface area (Å²) in [5, 5.41) is 2.65. The topological polar surface area (TPSA) is 90.0 Å². The Balaban J connectivity index is 1.96. The first kappa shape index (κ1) is 20.3. The minimum Gasteiger partial charge on any atom is -0.294 e. The molecule has 2 aromatic carbocycles. The van der Waals surface area contributed by atoms with Crippen LogP contribution in [0.25, 0.3) is 27.0 Å². The van der Waals surface area contributed by atoms with Crippen LogP contribution in [0.5, 0.6) is 0 Å². The summed E-state index contributed by atoms with van der Waals surface area (Å²) >= 11 is 2.41. The summed E-state index contributed by atoms with van der Waals surface area (Å²) < 4.78 is 15.2. The van der Waals surface area contributed by atoms with Gasteiger partial charge in [-0.25, -0.2) is 15.2 Å². The molecular weight excluding hydrogens is 423 g/mol. The van der Waals surface area contributed by atoms with Crippen molar-refractivity contribution in [3.63, 3.8) is 0 Å². The van der Waals surface area contributed by atoms with Crippen molar-refractivity contribution in [2.24, 2.45) is 5.84 Å². The zero-order valence-corrected chi connectivity index (χ0v) is 17.5. The molecule has 0 atom stereocenters. The van der Waals surface area contributed by atoms with Crippen molar-refractivity contribution in [3.05, 3.63) is 75.6 Å². The Hall–Kier alpha value is -3.01. The van der Waals surface area contributed by atoms with E-state index < -0.39 is 11.7 Å². The fraction of sp³-hybridized carbons (Fsp3) is 0.0952. The van der Waals surface area contributed by atoms with Crippen LogP contribution in [-0.2, 0) is 4.79 Å². The minimum absolute atomic E-state index is 0.0279. The molecule has 152 valence electrons. The molecule has 0 bridgehead atoms. The molecule has 30 heavy (non-hydrogen) atoms. The molecule has 3 N–H and O–H groups in total. The first-order chi connectivity index (χ1) is 14.5. The largest absolute Gasteiger partial charge is 0.294 e. The van der Waals surface area contributed by atoms with E-state index in [4.69, 9.17) is 5.84 Å². The number of thiophene rings is 1. The molecule has 0 aliphatic carbocycles. The molecule has 0 unspecified atom stereocenters. The van der Waals surface area contributed by atoms with E-state index in [2.05, 4.69) is 10.4 Å². The van der Waals surface area contributed by atoms with Gasteiger partial charge < -0.3 is 0 Å². The predicted octanol–water partition coefficient (Wildman–Crippen LogP) is 3.64. The summed E-state index contributed by atoms with van der Waals surface area (Å²) in [7, 11) is 0. The van der Waals surface area contributed by atoms with Crippen molar-refractivity contribution in [3.8, 4) is 16.8 Å². The smallest absolute Gasteiger partial charge is 0.268 e. The highest BCUT2D eigenvalue weighted by Gasteiger charge is 2.19. The van der Waals surface area contributed by atoms with Gasteiger partial charge in [0, 0.05) is 10.9 Å². The van der Waals surface area contributed by atoms with Gasteiger partial charge in [-0.2, -0.15) is 0 Å². The number of nitrogens with one attached hydrogen (secondary N) is 1. The van der Waals surface area contributed by atoms with Gasteiger partial charge >= 0.3 is 0 Å². The Bertz CT molecular complexity index is 1320. The highest BCUT2D eigenvalue weighted by Crippen LogP contribution is 2.33. The SMILES string of the molecule is Cc1cccc(-c2csc3nc(SCC(=O)NN)n(-c4cccc(F)c4)c(=O)c23)c1. The van der Waals surface area contributed by atoms with Crippen LogP contribution in [0.4, 0.5) is 4.39 Å². The molecule has 1 amide bonds. The average Bonchev–Trinajstić information content (AvgIpc) is 3.16. The maximum Gasteiger partial charge on any atom is 0.268 e. The summed E-state index contributed by atoms with van der Waals surface area (Å²) in [5.41, 5.74) is 4.83. The van der Waals surface area contributed by atoms with Gasteiger partial charge in [0.1, 0.15) is 10.6 Å². The van der Waals surface area contributed by atoms with Crippen LogP contribution >= 0.6 is 23.1 Å². The molecule has 0 aliphatic rings. The van der Waals surface area contributed by atoms with Gasteiger partial charge in [-0.3, -0.25) is 19.6 Å². The van der Waals surface area contributed by atoms with Gasteiger partial charge in [-0.05, 0) is 30.7 Å². The number of hydrogen-bond donors (Lipinski definition) is 2. The summed E-state index contributed by atoms with van der Waals surface area (Å²) in [6, 6.07) is 13.6. The number of aromatic nitrogens is 2. The van der Waals surface area contributed by atoms with E-state index in [1.807, 2.05) is 36.6 Å². The van der Waals surface area contributed by atoms with Crippen LogP contribution in [-0.4, -0.2) is 21.2 Å². The molecule has 0 aliphatic heterocycles. The van der Waals surface area contributed by atoms with Crippen molar-refractivity contribution < 1.29 is 9.18 Å². The fourth-order valence-electron chi connectivity index (χ4n) is 3.11. The quantitative estimate of drug-likeness (QED) is 0.163. The molecule has 2 aromatic heterocycles. The Morgan fingerprint density at radius 2 is 2.07 bits per heavy atom. The Morgan fingerprint density at radius 3 is 2.80 bits per heavy atom. The van der Waals surface area contributed by atoms with E-state index in [9.17, 15) is 14.0 Å². The monoisotopic (exact) mass is 440 g/mol. The van der Waals surface area contributed by atoms with Crippen LogP contribution in [0.2, 0.25) is 0 Å². The van der Waals surface area contributed by atoms with Gasteiger partial charge in [0.15, 0.2) is 5.16 Å². The molecule has 4 aromatic rings. The lowest BCUT2D eigenvalue weighted by molar-refractivity contribution is -0.118. The maximum absolute atomic E-state index is 13.9. The number of hydrazine groups is 1. The molecule has 0 fully saturated rings. The number of hydrogen-bond acceptors (Lipinski definition) is 6. The number of aryl methyl sites for hydroxylation is 1. The zero-order chi connectivity index (χ0) is 21.3. The molecule has 0 radical (unpaired) electrons. The number of nitrogens with zero attached hydrogens (tertiary/aromatic N) is 2. The van der Waals surface area contributed by atoms with Gasteiger partial charge in [0.05, 0.1) is 16.8 Å². The fourth-order valence-corrected chi connectivity index (χ4v) is 4.92. The molecular formula is C21H17FN4O2S2. The van der Waals surface area contributed by atoms with Crippen LogP contribution < -0.4 is 16.8 Å². The van der Waals surface area contributed by atoms with E-state index in [-0.39, 0.29) is 11.3 Å². The third-order valence-electron chi connectivity index (χ3n) is 4.47. The molecule has 0 saturated carbocycles. The van der Waals surface area contributed by atoms with Crippen LogP contribution in [0.15, 0.2) is 63.9 Å². The third-order valence-corrected chi connectivity index (χ3v) is 6.28. The molecule has 0 spiro atoms. The number of nitrogens with two attached hydrogens (primary N) is 1. The van der Waals surface area contributed by atoms with Crippen LogP contribution in [0.1, 0.15) is 5.56 Å². The number of halogens is 1. The van der Waals surface area contributed by atoms with Gasteiger partial charge in [-0.15, -0.1) is 11.3 Å². The van der Waals surface area contributed by atoms with Crippen molar-refractivity contribution in [1.82, 2.24) is 15.0 Å². The molecule has 6 nitrogen and oxygen atoms in total. The normalized spacial score (nSPS) is 11.0. The summed E-state index contributed by atoms with van der Waals surface area (Å²) in [6.07, 6.45) is 0. The number of amides is 1. The lowest BCUT2D eigenvalue weighted by Gasteiger charge is -2.12. The van der Waals surface area contributed by atoms with Gasteiger partial charge in [0.25, 0.3) is 5.56 Å². The van der Waals surface area contributed by atoms with Crippen molar-refractivity contribution in [2.45, 2.75) is 12.1 Å². The molecule has 0 saturated heterocycles. The second kappa shape index (κ2) is 8.39. The Morgan fingerprint density at radius 1 is 1.27 bits per heavy atom. The van der Waals surface area contributed by atoms with Crippen LogP contribution in [0.3, 0.4) is 0 Å². The molecule has 4 rings (SSSR count). The van der Waals surface area contributed by atoms with Crippen molar-refractivity contribution in [2.75, 3.05) is 5.75 Å². The highest BCUT2D eigenvalue weighted by atomic mass is 32.2.